The molecule has 0 spiro atoms. The molecule has 11 aromatic rings. The van der Waals surface area contributed by atoms with Crippen LogP contribution >= 0.6 is 15.9 Å². The summed E-state index contributed by atoms with van der Waals surface area (Å²) in [6.45, 7) is 0. The van der Waals surface area contributed by atoms with Crippen LogP contribution in [0.1, 0.15) is 0 Å². The number of halogens is 1. The fourth-order valence-electron chi connectivity index (χ4n) is 9.66. The molecule has 5 heteroatoms. The van der Waals surface area contributed by atoms with Gasteiger partial charge in [0, 0.05) is 26.6 Å². The Hall–Kier alpha value is -8.12. The van der Waals surface area contributed by atoms with E-state index in [4.69, 9.17) is 0 Å². The third-order valence-corrected chi connectivity index (χ3v) is 13.2. The summed E-state index contributed by atoms with van der Waals surface area (Å²) >= 11 is 3.77. The van der Waals surface area contributed by atoms with Crippen molar-refractivity contribution in [3.05, 3.63) is 253 Å². The number of benzene rings is 10. The molecule has 0 aliphatic carbocycles. The molecule has 13 rings (SSSR count). The van der Waals surface area contributed by atoms with E-state index < -0.39 is 0 Å². The molecule has 0 unspecified atom stereocenters. The first-order valence-electron chi connectivity index (χ1n) is 22.0. The molecule has 2 aliphatic heterocycles. The van der Waals surface area contributed by atoms with E-state index in [-0.39, 0.29) is 0 Å². The van der Waals surface area contributed by atoms with E-state index in [0.29, 0.717) is 0 Å². The zero-order valence-electron chi connectivity index (χ0n) is 35.3. The van der Waals surface area contributed by atoms with E-state index in [1.54, 1.807) is 0 Å². The summed E-state index contributed by atoms with van der Waals surface area (Å²) in [5.41, 5.74) is 19.1. The minimum absolute atomic E-state index is 1.07. The summed E-state index contributed by atoms with van der Waals surface area (Å²) in [5.74, 6) is 0. The Morgan fingerprint density at radius 2 is 0.615 bits per heavy atom. The van der Waals surface area contributed by atoms with Crippen molar-refractivity contribution in [3.8, 4) is 27.9 Å². The number of para-hydroxylation sites is 9. The second-order valence-electron chi connectivity index (χ2n) is 16.3. The molecule has 2 aliphatic rings. The molecular formula is C60H41BrN4. The Morgan fingerprint density at radius 1 is 0.246 bits per heavy atom. The summed E-state index contributed by atoms with van der Waals surface area (Å²) in [6.07, 6.45) is 0. The van der Waals surface area contributed by atoms with Crippen LogP contribution in [0.4, 0.5) is 51.2 Å². The van der Waals surface area contributed by atoms with Gasteiger partial charge in [0.1, 0.15) is 0 Å². The molecule has 308 valence electrons. The molecule has 0 radical (unpaired) electrons. The van der Waals surface area contributed by atoms with E-state index >= 15 is 0 Å². The normalized spacial score (nSPS) is 12.3. The van der Waals surface area contributed by atoms with Gasteiger partial charge in [0.05, 0.1) is 56.5 Å². The molecular weight excluding hydrogens is 857 g/mol. The Kier molecular flexibility index (Phi) is 9.62. The molecule has 10 aromatic carbocycles. The van der Waals surface area contributed by atoms with Gasteiger partial charge in [0.15, 0.2) is 0 Å². The lowest BCUT2D eigenvalue weighted by Crippen LogP contribution is -2.24. The van der Waals surface area contributed by atoms with Crippen molar-refractivity contribution in [2.24, 2.45) is 0 Å². The van der Waals surface area contributed by atoms with E-state index in [0.717, 1.165) is 38.6 Å². The van der Waals surface area contributed by atoms with Crippen LogP contribution in [0.15, 0.2) is 253 Å². The maximum atomic E-state index is 3.77. The maximum absolute atomic E-state index is 3.77. The monoisotopic (exact) mass is 896 g/mol. The predicted molar refractivity (Wildman–Crippen MR) is 277 cm³/mol. The minimum Gasteiger partial charge on any atom is -0.306 e. The molecule has 0 saturated carbocycles. The van der Waals surface area contributed by atoms with E-state index in [9.17, 15) is 0 Å². The predicted octanol–water partition coefficient (Wildman–Crippen LogP) is 17.6. The third-order valence-electron chi connectivity index (χ3n) is 12.6. The fourth-order valence-corrected chi connectivity index (χ4v) is 10.1. The van der Waals surface area contributed by atoms with Gasteiger partial charge in [-0.2, -0.15) is 0 Å². The molecule has 0 N–H and O–H groups in total. The number of aromatic nitrogens is 1. The van der Waals surface area contributed by atoms with Crippen molar-refractivity contribution in [1.82, 2.24) is 4.57 Å². The highest BCUT2D eigenvalue weighted by Gasteiger charge is 2.31. The molecule has 1 aromatic heterocycles. The third kappa shape index (κ3) is 6.59. The first kappa shape index (κ1) is 38.5. The maximum Gasteiger partial charge on any atom is 0.0783 e. The Bertz CT molecular complexity index is 3460. The standard InChI is InChI=1S/C30H21BrN2.C30H20N2/c31-25-12-4-5-13-26(25)33-29-16-8-6-14-27(29)32(28-15-7-9-17-30(28)33)24-20-18-23(19-21-24)22-10-2-1-3-11-22;1-2-9-21(10-3-1)22-17-19-23(20-18-22)31-27-14-6-7-15-28(27)32-26-13-5-4-11-24(26)25-12-8-16-29(31)30(25)32/h1-21H;1-20H. The van der Waals surface area contributed by atoms with Gasteiger partial charge < -0.3 is 19.3 Å². The molecule has 3 heterocycles. The number of hydrogen-bond acceptors (Lipinski definition) is 3. The Labute approximate surface area is 387 Å². The number of anilines is 9. The number of fused-ring (bicyclic) bond motifs is 7. The van der Waals surface area contributed by atoms with Crippen molar-refractivity contribution in [2.45, 2.75) is 0 Å². The van der Waals surface area contributed by atoms with Gasteiger partial charge >= 0.3 is 0 Å². The van der Waals surface area contributed by atoms with Crippen LogP contribution in [-0.2, 0) is 0 Å². The fraction of sp³-hybridized carbons (Fsp3) is 0. The van der Waals surface area contributed by atoms with Gasteiger partial charge in [-0.15, -0.1) is 0 Å². The van der Waals surface area contributed by atoms with Crippen molar-refractivity contribution in [3.63, 3.8) is 0 Å². The highest BCUT2D eigenvalue weighted by atomic mass is 79.9. The summed E-state index contributed by atoms with van der Waals surface area (Å²) in [5, 5.41) is 2.58. The second kappa shape index (κ2) is 16.2. The van der Waals surface area contributed by atoms with Crippen LogP contribution in [0, 0.1) is 0 Å². The minimum atomic E-state index is 1.07. The van der Waals surface area contributed by atoms with Gasteiger partial charge in [-0.1, -0.05) is 164 Å². The smallest absolute Gasteiger partial charge is 0.0783 e. The number of hydrogen-bond donors (Lipinski definition) is 0. The first-order valence-corrected chi connectivity index (χ1v) is 22.8. The highest BCUT2D eigenvalue weighted by Crippen LogP contribution is 2.55. The van der Waals surface area contributed by atoms with Crippen molar-refractivity contribution in [2.75, 3.05) is 14.7 Å². The molecule has 0 fully saturated rings. The molecule has 4 nitrogen and oxygen atoms in total. The summed E-state index contributed by atoms with van der Waals surface area (Å²) < 4.78 is 3.49. The molecule has 0 bridgehead atoms. The lowest BCUT2D eigenvalue weighted by atomic mass is 10.0. The van der Waals surface area contributed by atoms with Crippen LogP contribution in [0.5, 0.6) is 0 Å². The van der Waals surface area contributed by atoms with E-state index in [1.807, 2.05) is 0 Å². The number of nitrogens with zero attached hydrogens (tertiary/aromatic N) is 4. The molecule has 65 heavy (non-hydrogen) atoms. The molecule has 0 amide bonds. The zero-order chi connectivity index (χ0) is 43.3. The summed E-state index contributed by atoms with van der Waals surface area (Å²) in [7, 11) is 0. The van der Waals surface area contributed by atoms with Gasteiger partial charge in [-0.05, 0) is 123 Å². The van der Waals surface area contributed by atoms with Crippen LogP contribution in [0.25, 0.3) is 49.7 Å². The average molecular weight is 898 g/mol. The topological polar surface area (TPSA) is 14.7 Å². The lowest BCUT2D eigenvalue weighted by molar-refractivity contribution is 1.11. The summed E-state index contributed by atoms with van der Waals surface area (Å²) in [4.78, 5) is 7.09. The Morgan fingerprint density at radius 3 is 1.15 bits per heavy atom. The SMILES string of the molecule is Brc1ccccc1N1c2ccccc2N(c2ccc(-c3ccccc3)cc2)c2ccccc21.c1ccc(-c2ccc(N3c4ccccc4-n4c5ccccc5c5cccc3c54)cc2)cc1. The van der Waals surface area contributed by atoms with Crippen molar-refractivity contribution >= 4 is 88.9 Å². The lowest BCUT2D eigenvalue weighted by Gasteiger charge is -2.40. The van der Waals surface area contributed by atoms with E-state index in [1.165, 1.54) is 66.8 Å². The van der Waals surface area contributed by atoms with Gasteiger partial charge in [-0.25, -0.2) is 0 Å². The summed E-state index contributed by atoms with van der Waals surface area (Å²) in [6, 6.07) is 88.4. The van der Waals surface area contributed by atoms with Crippen molar-refractivity contribution < 1.29 is 0 Å². The van der Waals surface area contributed by atoms with E-state index in [2.05, 4.69) is 284 Å². The molecule has 0 saturated heterocycles. The molecule has 0 atom stereocenters. The zero-order valence-corrected chi connectivity index (χ0v) is 36.9. The van der Waals surface area contributed by atoms with Crippen LogP contribution in [0.3, 0.4) is 0 Å². The van der Waals surface area contributed by atoms with Crippen LogP contribution < -0.4 is 14.7 Å². The first-order chi connectivity index (χ1) is 32.2. The van der Waals surface area contributed by atoms with Crippen molar-refractivity contribution in [1.29, 1.82) is 0 Å². The second-order valence-corrected chi connectivity index (χ2v) is 17.1. The van der Waals surface area contributed by atoms with Crippen LogP contribution in [-0.4, -0.2) is 4.57 Å². The average Bonchev–Trinajstić information content (AvgIpc) is 3.72. The van der Waals surface area contributed by atoms with Gasteiger partial charge in [0.25, 0.3) is 0 Å². The quantitative estimate of drug-likeness (QED) is 0.171. The highest BCUT2D eigenvalue weighted by molar-refractivity contribution is 9.10. The van der Waals surface area contributed by atoms with Gasteiger partial charge in [-0.3, -0.25) is 0 Å². The largest absolute Gasteiger partial charge is 0.306 e. The van der Waals surface area contributed by atoms with Crippen LogP contribution in [0.2, 0.25) is 0 Å². The Balaban J connectivity index is 0.000000137. The number of rotatable bonds is 5. The van der Waals surface area contributed by atoms with Gasteiger partial charge in [0.2, 0.25) is 0 Å².